The summed E-state index contributed by atoms with van der Waals surface area (Å²) in [7, 11) is 0. The number of rotatable bonds is 7. The summed E-state index contributed by atoms with van der Waals surface area (Å²) in [5.41, 5.74) is 6.59. The van der Waals surface area contributed by atoms with Gasteiger partial charge in [0, 0.05) is 12.6 Å². The van der Waals surface area contributed by atoms with Crippen molar-refractivity contribution in [2.24, 2.45) is 5.73 Å². The van der Waals surface area contributed by atoms with E-state index in [0.29, 0.717) is 18.7 Å². The van der Waals surface area contributed by atoms with Gasteiger partial charge in [-0.2, -0.15) is 0 Å². The predicted molar refractivity (Wildman–Crippen MR) is 84.0 cm³/mol. The number of carbonyl (C=O) groups excluding carboxylic acids is 1. The lowest BCUT2D eigenvalue weighted by Gasteiger charge is -2.16. The molecule has 0 fully saturated rings. The Bertz CT molecular complexity index is 468. The number of hydrogen-bond acceptors (Lipinski definition) is 4. The molecule has 0 aromatic heterocycles. The molecule has 0 bridgehead atoms. The Morgan fingerprint density at radius 2 is 2.14 bits per heavy atom. The topological polar surface area (TPSA) is 73.6 Å². The van der Waals surface area contributed by atoms with Gasteiger partial charge in [0.25, 0.3) is 0 Å². The molecule has 1 amide bonds. The van der Waals surface area contributed by atoms with Crippen LogP contribution in [0.1, 0.15) is 31.7 Å². The van der Waals surface area contributed by atoms with Gasteiger partial charge >= 0.3 is 0 Å². The van der Waals surface area contributed by atoms with Gasteiger partial charge in [-0.05, 0) is 24.1 Å². The number of hydrogen-bond donors (Lipinski definition) is 2. The van der Waals surface area contributed by atoms with Gasteiger partial charge in [-0.3, -0.25) is 4.79 Å². The third-order valence-corrected chi connectivity index (χ3v) is 3.36. The summed E-state index contributed by atoms with van der Waals surface area (Å²) < 4.78 is 10.5. The number of ether oxygens (including phenoxy) is 2. The number of nitrogens with two attached hydrogens (primary N) is 1. The minimum Gasteiger partial charge on any atom is -0.454 e. The molecule has 1 aliphatic rings. The van der Waals surface area contributed by atoms with E-state index in [2.05, 4.69) is 12.2 Å². The smallest absolute Gasteiger partial charge is 0.231 e. The number of unbranched alkanes of at least 4 members (excludes halogenated alkanes) is 1. The summed E-state index contributed by atoms with van der Waals surface area (Å²) in [5, 5.41) is 2.98. The standard InChI is InChI=1S/C15H22N2O3.ClH/c1-2-3-4-12(9-16)17-15(18)8-11-5-6-13-14(7-11)20-10-19-13;/h5-7,12H,2-4,8-10,16H2,1H3,(H,17,18);1H. The largest absolute Gasteiger partial charge is 0.454 e. The highest BCUT2D eigenvalue weighted by molar-refractivity contribution is 5.85. The summed E-state index contributed by atoms with van der Waals surface area (Å²) in [6.45, 7) is 2.85. The second kappa shape index (κ2) is 8.74. The van der Waals surface area contributed by atoms with E-state index < -0.39 is 0 Å². The van der Waals surface area contributed by atoms with Crippen molar-refractivity contribution in [3.63, 3.8) is 0 Å². The molecule has 21 heavy (non-hydrogen) atoms. The predicted octanol–water partition coefficient (Wildman–Crippen LogP) is 2.01. The fraction of sp³-hybridized carbons (Fsp3) is 0.533. The van der Waals surface area contributed by atoms with E-state index in [1.165, 1.54) is 0 Å². The molecule has 1 unspecified atom stereocenters. The average molecular weight is 315 g/mol. The van der Waals surface area contributed by atoms with E-state index in [-0.39, 0.29) is 31.1 Å². The first-order chi connectivity index (χ1) is 9.72. The maximum absolute atomic E-state index is 12.0. The molecule has 118 valence electrons. The Kier molecular flexibility index (Phi) is 7.32. The van der Waals surface area contributed by atoms with Crippen molar-refractivity contribution in [2.75, 3.05) is 13.3 Å². The first-order valence-corrected chi connectivity index (χ1v) is 7.11. The van der Waals surface area contributed by atoms with Crippen LogP contribution in [0.2, 0.25) is 0 Å². The van der Waals surface area contributed by atoms with Gasteiger partial charge in [0.2, 0.25) is 12.7 Å². The van der Waals surface area contributed by atoms with Crippen LogP contribution >= 0.6 is 12.4 Å². The molecule has 0 radical (unpaired) electrons. The minimum atomic E-state index is -0.00424. The van der Waals surface area contributed by atoms with Crippen LogP contribution in [0.5, 0.6) is 11.5 Å². The lowest BCUT2D eigenvalue weighted by atomic mass is 10.1. The van der Waals surface area contributed by atoms with Gasteiger partial charge in [-0.15, -0.1) is 12.4 Å². The summed E-state index contributed by atoms with van der Waals surface area (Å²) in [4.78, 5) is 12.0. The Balaban J connectivity index is 0.00000220. The summed E-state index contributed by atoms with van der Waals surface area (Å²) in [5.74, 6) is 1.43. The lowest BCUT2D eigenvalue weighted by Crippen LogP contribution is -2.40. The highest BCUT2D eigenvalue weighted by Crippen LogP contribution is 2.32. The number of carbonyl (C=O) groups is 1. The Morgan fingerprint density at radius 1 is 1.38 bits per heavy atom. The van der Waals surface area contributed by atoms with Crippen molar-refractivity contribution in [3.8, 4) is 11.5 Å². The maximum Gasteiger partial charge on any atom is 0.231 e. The SMILES string of the molecule is CCCCC(CN)NC(=O)Cc1ccc2c(c1)OCO2.Cl. The van der Waals surface area contributed by atoms with Crippen LogP contribution in [0.4, 0.5) is 0 Å². The Labute approximate surface area is 131 Å². The van der Waals surface area contributed by atoms with Gasteiger partial charge in [0.1, 0.15) is 0 Å². The number of fused-ring (bicyclic) bond motifs is 1. The van der Waals surface area contributed by atoms with Crippen molar-refractivity contribution in [2.45, 2.75) is 38.6 Å². The Hall–Kier alpha value is -1.46. The molecular formula is C15H23ClN2O3. The van der Waals surface area contributed by atoms with Crippen molar-refractivity contribution >= 4 is 18.3 Å². The van der Waals surface area contributed by atoms with Gasteiger partial charge in [0.15, 0.2) is 11.5 Å². The van der Waals surface area contributed by atoms with Gasteiger partial charge in [0.05, 0.1) is 6.42 Å². The van der Waals surface area contributed by atoms with Crippen LogP contribution in [-0.4, -0.2) is 25.3 Å². The third kappa shape index (κ3) is 5.10. The lowest BCUT2D eigenvalue weighted by molar-refractivity contribution is -0.121. The molecule has 0 saturated heterocycles. The van der Waals surface area contributed by atoms with E-state index in [0.717, 1.165) is 30.6 Å². The zero-order chi connectivity index (χ0) is 14.4. The first kappa shape index (κ1) is 17.6. The van der Waals surface area contributed by atoms with Crippen molar-refractivity contribution in [1.82, 2.24) is 5.32 Å². The van der Waals surface area contributed by atoms with Crippen LogP contribution in [0, 0.1) is 0 Å². The molecule has 1 atom stereocenters. The molecule has 0 saturated carbocycles. The van der Waals surface area contributed by atoms with Crippen LogP contribution in [0.15, 0.2) is 18.2 Å². The molecule has 1 aliphatic heterocycles. The van der Waals surface area contributed by atoms with Crippen LogP contribution < -0.4 is 20.5 Å². The molecule has 0 aliphatic carbocycles. The molecule has 2 rings (SSSR count). The second-order valence-corrected chi connectivity index (χ2v) is 5.01. The van der Waals surface area contributed by atoms with E-state index >= 15 is 0 Å². The summed E-state index contributed by atoms with van der Waals surface area (Å²) in [6, 6.07) is 5.64. The first-order valence-electron chi connectivity index (χ1n) is 7.11. The average Bonchev–Trinajstić information content (AvgIpc) is 2.90. The second-order valence-electron chi connectivity index (χ2n) is 5.01. The van der Waals surface area contributed by atoms with Crippen LogP contribution in [0.25, 0.3) is 0 Å². The van der Waals surface area contributed by atoms with Gasteiger partial charge < -0.3 is 20.5 Å². The van der Waals surface area contributed by atoms with Crippen molar-refractivity contribution in [1.29, 1.82) is 0 Å². The monoisotopic (exact) mass is 314 g/mol. The zero-order valence-electron chi connectivity index (χ0n) is 12.3. The number of halogens is 1. The van der Waals surface area contributed by atoms with E-state index in [9.17, 15) is 4.79 Å². The van der Waals surface area contributed by atoms with Gasteiger partial charge in [-0.25, -0.2) is 0 Å². The molecule has 3 N–H and O–H groups in total. The zero-order valence-corrected chi connectivity index (χ0v) is 13.1. The van der Waals surface area contributed by atoms with E-state index in [1.807, 2.05) is 18.2 Å². The molecule has 5 nitrogen and oxygen atoms in total. The van der Waals surface area contributed by atoms with E-state index in [1.54, 1.807) is 0 Å². The number of benzene rings is 1. The van der Waals surface area contributed by atoms with Gasteiger partial charge in [-0.1, -0.05) is 25.8 Å². The molecule has 1 aromatic carbocycles. The fourth-order valence-electron chi connectivity index (χ4n) is 2.21. The highest BCUT2D eigenvalue weighted by Gasteiger charge is 2.15. The highest BCUT2D eigenvalue weighted by atomic mass is 35.5. The van der Waals surface area contributed by atoms with E-state index in [4.69, 9.17) is 15.2 Å². The Morgan fingerprint density at radius 3 is 2.86 bits per heavy atom. The quantitative estimate of drug-likeness (QED) is 0.807. The molecule has 6 heteroatoms. The molecule has 1 heterocycles. The maximum atomic E-state index is 12.0. The summed E-state index contributed by atoms with van der Waals surface area (Å²) >= 11 is 0. The molecular weight excluding hydrogens is 292 g/mol. The summed E-state index contributed by atoms with van der Waals surface area (Å²) in [6.07, 6.45) is 3.44. The molecule has 1 aromatic rings. The van der Waals surface area contributed by atoms with Crippen molar-refractivity contribution < 1.29 is 14.3 Å². The van der Waals surface area contributed by atoms with Crippen molar-refractivity contribution in [3.05, 3.63) is 23.8 Å². The minimum absolute atomic E-state index is 0. The third-order valence-electron chi connectivity index (χ3n) is 3.36. The number of amides is 1. The van der Waals surface area contributed by atoms with Crippen LogP contribution in [0.3, 0.4) is 0 Å². The number of nitrogens with one attached hydrogen (secondary N) is 1. The van der Waals surface area contributed by atoms with Crippen LogP contribution in [-0.2, 0) is 11.2 Å². The normalized spacial score (nSPS) is 13.4. The fourth-order valence-corrected chi connectivity index (χ4v) is 2.21. The molecule has 0 spiro atoms.